The number of hydrogen-bond donors (Lipinski definition) is 1. The Morgan fingerprint density at radius 1 is 1.04 bits per heavy atom. The highest BCUT2D eigenvalue weighted by atomic mass is 32.2. The van der Waals surface area contributed by atoms with Gasteiger partial charge in [-0.05, 0) is 68.3 Å². The molecule has 1 amide bonds. The normalized spacial score (nSPS) is 11.0. The Kier molecular flexibility index (Phi) is 6.80. The van der Waals surface area contributed by atoms with Gasteiger partial charge in [0.2, 0.25) is 15.9 Å². The zero-order valence-corrected chi connectivity index (χ0v) is 17.2. The van der Waals surface area contributed by atoms with Gasteiger partial charge in [0.05, 0.1) is 24.1 Å². The molecule has 2 aromatic rings. The van der Waals surface area contributed by atoms with E-state index >= 15 is 0 Å². The maximum Gasteiger partial charge on any atom is 0.338 e. The van der Waals surface area contributed by atoms with Crippen LogP contribution in [0.2, 0.25) is 0 Å². The monoisotopic (exact) mass is 404 g/mol. The van der Waals surface area contributed by atoms with Crippen molar-refractivity contribution in [2.75, 3.05) is 29.0 Å². The third-order valence-corrected chi connectivity index (χ3v) is 5.00. The van der Waals surface area contributed by atoms with E-state index in [2.05, 4.69) is 5.32 Å². The average molecular weight is 404 g/mol. The van der Waals surface area contributed by atoms with E-state index in [1.54, 1.807) is 31.2 Å². The van der Waals surface area contributed by atoms with Crippen LogP contribution in [0.25, 0.3) is 0 Å². The maximum atomic E-state index is 12.4. The lowest BCUT2D eigenvalue weighted by Crippen LogP contribution is -2.37. The van der Waals surface area contributed by atoms with E-state index in [-0.39, 0.29) is 13.2 Å². The van der Waals surface area contributed by atoms with Gasteiger partial charge in [0.15, 0.2) is 0 Å². The fraction of sp³-hybridized carbons (Fsp3) is 0.300. The molecule has 0 radical (unpaired) electrons. The van der Waals surface area contributed by atoms with E-state index in [1.807, 2.05) is 19.9 Å². The summed E-state index contributed by atoms with van der Waals surface area (Å²) in [6.45, 7) is 5.36. The van der Waals surface area contributed by atoms with Crippen molar-refractivity contribution in [1.29, 1.82) is 0 Å². The summed E-state index contributed by atoms with van der Waals surface area (Å²) >= 11 is 0. The van der Waals surface area contributed by atoms with Crippen molar-refractivity contribution in [3.63, 3.8) is 0 Å². The lowest BCUT2D eigenvalue weighted by molar-refractivity contribution is -0.114. The van der Waals surface area contributed by atoms with Crippen LogP contribution in [0.5, 0.6) is 0 Å². The summed E-state index contributed by atoms with van der Waals surface area (Å²) in [4.78, 5) is 24.1. The molecule has 28 heavy (non-hydrogen) atoms. The summed E-state index contributed by atoms with van der Waals surface area (Å²) in [5.41, 5.74) is 3.06. The first-order valence-electron chi connectivity index (χ1n) is 8.73. The van der Waals surface area contributed by atoms with E-state index in [4.69, 9.17) is 4.74 Å². The highest BCUT2D eigenvalue weighted by Crippen LogP contribution is 2.21. The van der Waals surface area contributed by atoms with E-state index in [9.17, 15) is 18.0 Å². The summed E-state index contributed by atoms with van der Waals surface area (Å²) in [5, 5.41) is 2.64. The largest absolute Gasteiger partial charge is 0.462 e. The predicted molar refractivity (Wildman–Crippen MR) is 109 cm³/mol. The van der Waals surface area contributed by atoms with Crippen molar-refractivity contribution in [3.8, 4) is 0 Å². The average Bonchev–Trinajstić information content (AvgIpc) is 2.58. The Hall–Kier alpha value is -2.87. The molecule has 0 unspecified atom stereocenters. The number of anilines is 2. The smallest absolute Gasteiger partial charge is 0.338 e. The summed E-state index contributed by atoms with van der Waals surface area (Å²) in [7, 11) is -3.65. The zero-order chi connectivity index (χ0) is 20.9. The van der Waals surface area contributed by atoms with Crippen LogP contribution in [0.4, 0.5) is 11.4 Å². The molecule has 0 atom stereocenters. The number of hydrogen-bond acceptors (Lipinski definition) is 5. The number of carbonyl (C=O) groups is 2. The van der Waals surface area contributed by atoms with Crippen molar-refractivity contribution in [2.45, 2.75) is 20.8 Å². The second-order valence-electron chi connectivity index (χ2n) is 6.46. The van der Waals surface area contributed by atoms with Gasteiger partial charge in [-0.25, -0.2) is 13.2 Å². The molecule has 150 valence electrons. The van der Waals surface area contributed by atoms with Gasteiger partial charge in [0, 0.05) is 5.69 Å². The Balaban J connectivity index is 2.15. The molecule has 2 rings (SSSR count). The molecular weight excluding hydrogens is 380 g/mol. The van der Waals surface area contributed by atoms with Gasteiger partial charge in [-0.1, -0.05) is 6.07 Å². The van der Waals surface area contributed by atoms with E-state index in [1.165, 1.54) is 12.1 Å². The number of aryl methyl sites for hydroxylation is 2. The number of carbonyl (C=O) groups excluding carboxylic acids is 2. The first-order valence-corrected chi connectivity index (χ1v) is 10.6. The van der Waals surface area contributed by atoms with Crippen molar-refractivity contribution in [2.24, 2.45) is 0 Å². The van der Waals surface area contributed by atoms with E-state index in [0.29, 0.717) is 16.9 Å². The van der Waals surface area contributed by atoms with Crippen molar-refractivity contribution in [3.05, 3.63) is 59.2 Å². The van der Waals surface area contributed by atoms with Gasteiger partial charge in [0.1, 0.15) is 6.54 Å². The molecular formula is C20H24N2O5S. The van der Waals surface area contributed by atoms with Gasteiger partial charge in [-0.3, -0.25) is 9.10 Å². The Morgan fingerprint density at radius 3 is 2.11 bits per heavy atom. The molecule has 0 aliphatic heterocycles. The molecule has 0 saturated heterocycles. The number of sulfonamides is 1. The number of amides is 1. The third kappa shape index (κ3) is 5.82. The van der Waals surface area contributed by atoms with Gasteiger partial charge in [-0.2, -0.15) is 0 Å². The molecule has 2 aromatic carbocycles. The molecule has 0 saturated carbocycles. The number of ether oxygens (including phenoxy) is 1. The second kappa shape index (κ2) is 8.88. The lowest BCUT2D eigenvalue weighted by atomic mass is 10.1. The minimum atomic E-state index is -3.65. The van der Waals surface area contributed by atoms with Crippen LogP contribution in [0.3, 0.4) is 0 Å². The van der Waals surface area contributed by atoms with Gasteiger partial charge >= 0.3 is 5.97 Å². The molecule has 0 spiro atoms. The van der Waals surface area contributed by atoms with Gasteiger partial charge < -0.3 is 10.1 Å². The van der Waals surface area contributed by atoms with Crippen molar-refractivity contribution >= 4 is 33.3 Å². The van der Waals surface area contributed by atoms with Crippen molar-refractivity contribution in [1.82, 2.24) is 0 Å². The van der Waals surface area contributed by atoms with Crippen LogP contribution >= 0.6 is 0 Å². The lowest BCUT2D eigenvalue weighted by Gasteiger charge is -2.22. The fourth-order valence-corrected chi connectivity index (χ4v) is 3.57. The quantitative estimate of drug-likeness (QED) is 0.717. The molecule has 0 bridgehead atoms. The summed E-state index contributed by atoms with van der Waals surface area (Å²) in [6, 6.07) is 11.6. The number of esters is 1. The summed E-state index contributed by atoms with van der Waals surface area (Å²) in [6.07, 6.45) is 1.06. The SMILES string of the molecule is CCOC(=O)c1ccc(NC(=O)CN(c2cc(C)cc(C)c2)S(C)(=O)=O)cc1. The van der Waals surface area contributed by atoms with Gasteiger partial charge in [0.25, 0.3) is 0 Å². The molecule has 1 N–H and O–H groups in total. The van der Waals surface area contributed by atoms with Gasteiger partial charge in [-0.15, -0.1) is 0 Å². The van der Waals surface area contributed by atoms with Crippen LogP contribution in [-0.4, -0.2) is 39.7 Å². The van der Waals surface area contributed by atoms with Crippen LogP contribution in [0.15, 0.2) is 42.5 Å². The highest BCUT2D eigenvalue weighted by molar-refractivity contribution is 7.92. The Morgan fingerprint density at radius 2 is 1.61 bits per heavy atom. The summed E-state index contributed by atoms with van der Waals surface area (Å²) < 4.78 is 30.4. The first-order chi connectivity index (χ1) is 13.1. The van der Waals surface area contributed by atoms with E-state index < -0.39 is 21.9 Å². The Labute approximate surface area is 165 Å². The number of nitrogens with one attached hydrogen (secondary N) is 1. The second-order valence-corrected chi connectivity index (χ2v) is 8.37. The molecule has 0 aliphatic rings. The molecule has 0 aliphatic carbocycles. The number of rotatable bonds is 7. The fourth-order valence-electron chi connectivity index (χ4n) is 2.73. The number of nitrogens with zero attached hydrogens (tertiary/aromatic N) is 1. The standard InChI is InChI=1S/C20H24N2O5S/c1-5-27-20(24)16-6-8-17(9-7-16)21-19(23)13-22(28(4,25)26)18-11-14(2)10-15(3)12-18/h6-12H,5,13H2,1-4H3,(H,21,23). The maximum absolute atomic E-state index is 12.4. The molecule has 7 nitrogen and oxygen atoms in total. The van der Waals surface area contributed by atoms with Crippen LogP contribution in [-0.2, 0) is 19.6 Å². The van der Waals surface area contributed by atoms with Crippen LogP contribution in [0.1, 0.15) is 28.4 Å². The highest BCUT2D eigenvalue weighted by Gasteiger charge is 2.21. The Bertz CT molecular complexity index is 948. The predicted octanol–water partition coefficient (Wildman–Crippen LogP) is 2.88. The zero-order valence-electron chi connectivity index (χ0n) is 16.4. The van der Waals surface area contributed by atoms with Crippen molar-refractivity contribution < 1.29 is 22.7 Å². The van der Waals surface area contributed by atoms with E-state index in [0.717, 1.165) is 21.7 Å². The minimum Gasteiger partial charge on any atom is -0.462 e. The van der Waals surface area contributed by atoms with Crippen LogP contribution in [0, 0.1) is 13.8 Å². The first kappa shape index (κ1) is 21.4. The summed E-state index contributed by atoms with van der Waals surface area (Å²) in [5.74, 6) is -0.938. The van der Waals surface area contributed by atoms with Crippen LogP contribution < -0.4 is 9.62 Å². The number of benzene rings is 2. The molecule has 0 fully saturated rings. The molecule has 0 aromatic heterocycles. The topological polar surface area (TPSA) is 92.8 Å². The minimum absolute atomic E-state index is 0.275. The third-order valence-electron chi connectivity index (χ3n) is 3.86. The molecule has 0 heterocycles. The molecule has 8 heteroatoms.